The highest BCUT2D eigenvalue weighted by atomic mass is 32.2. The van der Waals surface area contributed by atoms with E-state index in [1.807, 2.05) is 44.2 Å². The lowest BCUT2D eigenvalue weighted by Crippen LogP contribution is -2.28. The van der Waals surface area contributed by atoms with Crippen molar-refractivity contribution in [1.29, 1.82) is 0 Å². The molecule has 154 valence electrons. The van der Waals surface area contributed by atoms with Gasteiger partial charge in [0.1, 0.15) is 0 Å². The van der Waals surface area contributed by atoms with Gasteiger partial charge in [-0.1, -0.05) is 62.5 Å². The normalized spacial score (nSPS) is 14.2. The van der Waals surface area contributed by atoms with Crippen LogP contribution in [-0.2, 0) is 4.79 Å². The Morgan fingerprint density at radius 2 is 1.97 bits per heavy atom. The van der Waals surface area contributed by atoms with Gasteiger partial charge in [-0.05, 0) is 43.5 Å². The van der Waals surface area contributed by atoms with Crippen molar-refractivity contribution in [2.24, 2.45) is 10.9 Å². The number of allylic oxidation sites excluding steroid dienone is 2. The van der Waals surface area contributed by atoms with E-state index in [1.54, 1.807) is 24.0 Å². The minimum atomic E-state index is -0.142. The van der Waals surface area contributed by atoms with Crippen LogP contribution in [0.1, 0.15) is 37.6 Å². The molecule has 2 aromatic rings. The Balaban J connectivity index is 2.12. The number of nitrogens with one attached hydrogen (secondary N) is 1. The van der Waals surface area contributed by atoms with Crippen molar-refractivity contribution in [2.45, 2.75) is 32.6 Å². The number of rotatable bonds is 6. The number of nitrogens with zero attached hydrogens (tertiary/aromatic N) is 2. The fourth-order valence-electron chi connectivity index (χ4n) is 3.04. The van der Waals surface area contributed by atoms with Crippen LogP contribution >= 0.6 is 11.8 Å². The molecule has 0 bridgehead atoms. The van der Waals surface area contributed by atoms with Gasteiger partial charge in [0.15, 0.2) is 0 Å². The minimum absolute atomic E-state index is 0.142. The van der Waals surface area contributed by atoms with Crippen molar-refractivity contribution in [3.63, 3.8) is 0 Å². The van der Waals surface area contributed by atoms with Crippen LogP contribution < -0.4 is 5.32 Å². The third kappa shape index (κ3) is 4.97. The molecule has 3 rings (SSSR count). The molecule has 0 aliphatic carbocycles. The molecular weight excluding hydrogens is 390 g/mol. The van der Waals surface area contributed by atoms with Crippen LogP contribution in [-0.4, -0.2) is 23.1 Å². The zero-order valence-corrected chi connectivity index (χ0v) is 18.7. The molecule has 0 saturated carbocycles. The molecule has 1 aromatic carbocycles. The summed E-state index contributed by atoms with van der Waals surface area (Å²) in [5, 5.41) is 2.95. The van der Waals surface area contributed by atoms with Crippen molar-refractivity contribution in [2.75, 3.05) is 6.54 Å². The number of benzene rings is 1. The number of hydrogen-bond donors (Lipinski definition) is 1. The van der Waals surface area contributed by atoms with Crippen LogP contribution in [0.3, 0.4) is 0 Å². The average molecular weight is 418 g/mol. The highest BCUT2D eigenvalue weighted by Crippen LogP contribution is 2.37. The summed E-state index contributed by atoms with van der Waals surface area (Å²) in [6, 6.07) is 12.2. The smallest absolute Gasteiger partial charge is 0.251 e. The van der Waals surface area contributed by atoms with E-state index in [0.29, 0.717) is 18.0 Å². The molecule has 30 heavy (non-hydrogen) atoms. The SMILES string of the molecule is C=C/C(=C\C1=C(C)Sc2ccccc2C(c2ncccc2C)=N1)C(=O)NCC(C)C. The Morgan fingerprint density at radius 3 is 2.67 bits per heavy atom. The van der Waals surface area contributed by atoms with Crippen molar-refractivity contribution < 1.29 is 4.79 Å². The van der Waals surface area contributed by atoms with Gasteiger partial charge in [-0.25, -0.2) is 4.99 Å². The molecule has 2 heterocycles. The highest BCUT2D eigenvalue weighted by molar-refractivity contribution is 8.03. The van der Waals surface area contributed by atoms with Gasteiger partial charge in [-0.3, -0.25) is 9.78 Å². The third-order valence-corrected chi connectivity index (χ3v) is 5.77. The molecule has 0 unspecified atom stereocenters. The Labute approximate surface area is 182 Å². The molecule has 0 radical (unpaired) electrons. The van der Waals surface area contributed by atoms with Gasteiger partial charge in [-0.2, -0.15) is 0 Å². The molecule has 1 aliphatic rings. The second kappa shape index (κ2) is 9.72. The second-order valence-corrected chi connectivity index (χ2v) is 8.83. The molecule has 0 atom stereocenters. The first-order chi connectivity index (χ1) is 14.4. The molecule has 1 aromatic heterocycles. The Hall–Kier alpha value is -2.92. The summed E-state index contributed by atoms with van der Waals surface area (Å²) >= 11 is 1.65. The van der Waals surface area contributed by atoms with Gasteiger partial charge >= 0.3 is 0 Å². The van der Waals surface area contributed by atoms with E-state index in [2.05, 4.69) is 42.9 Å². The largest absolute Gasteiger partial charge is 0.352 e. The standard InChI is InChI=1S/C25H27N3OS/c1-6-19(25(29)27-15-16(2)3)14-21-18(5)30-22-12-8-7-11-20(22)24(28-21)23-17(4)10-9-13-26-23/h6-14,16H,1,15H2,2-5H3,(H,27,29)/b19-14+. The van der Waals surface area contributed by atoms with Crippen molar-refractivity contribution >= 4 is 23.4 Å². The van der Waals surface area contributed by atoms with Gasteiger partial charge in [0.05, 0.1) is 17.1 Å². The molecule has 1 aliphatic heterocycles. The van der Waals surface area contributed by atoms with Gasteiger partial charge in [0.2, 0.25) is 0 Å². The lowest BCUT2D eigenvalue weighted by Gasteiger charge is -2.11. The Morgan fingerprint density at radius 1 is 1.20 bits per heavy atom. The predicted molar refractivity (Wildman–Crippen MR) is 126 cm³/mol. The Kier molecular flexibility index (Phi) is 7.06. The number of carbonyl (C=O) groups excluding carboxylic acids is 1. The third-order valence-electron chi connectivity index (χ3n) is 4.68. The fraction of sp³-hybridized carbons (Fsp3) is 0.240. The van der Waals surface area contributed by atoms with Crippen LogP contribution in [0.2, 0.25) is 0 Å². The van der Waals surface area contributed by atoms with Crippen LogP contribution in [0, 0.1) is 12.8 Å². The molecule has 1 amide bonds. The van der Waals surface area contributed by atoms with Gasteiger partial charge in [-0.15, -0.1) is 0 Å². The van der Waals surface area contributed by atoms with Crippen LogP contribution in [0.4, 0.5) is 0 Å². The quantitative estimate of drug-likeness (QED) is 0.502. The fourth-order valence-corrected chi connectivity index (χ4v) is 4.00. The maximum atomic E-state index is 12.6. The number of hydrogen-bond acceptors (Lipinski definition) is 4. The lowest BCUT2D eigenvalue weighted by atomic mass is 10.0. The molecule has 4 nitrogen and oxygen atoms in total. The molecule has 0 spiro atoms. The van der Waals surface area contributed by atoms with E-state index in [9.17, 15) is 4.79 Å². The summed E-state index contributed by atoms with van der Waals surface area (Å²) in [5.41, 5.74) is 4.98. The number of amides is 1. The van der Waals surface area contributed by atoms with Gasteiger partial charge < -0.3 is 5.32 Å². The first kappa shape index (κ1) is 21.8. The van der Waals surface area contributed by atoms with E-state index >= 15 is 0 Å². The summed E-state index contributed by atoms with van der Waals surface area (Å²) < 4.78 is 0. The molecule has 0 fully saturated rings. The lowest BCUT2D eigenvalue weighted by molar-refractivity contribution is -0.117. The van der Waals surface area contributed by atoms with E-state index < -0.39 is 0 Å². The minimum Gasteiger partial charge on any atom is -0.352 e. The zero-order valence-electron chi connectivity index (χ0n) is 17.9. The van der Waals surface area contributed by atoms with Crippen molar-refractivity contribution in [3.05, 3.63) is 94.3 Å². The van der Waals surface area contributed by atoms with E-state index in [0.717, 1.165) is 38.0 Å². The molecule has 0 saturated heterocycles. The summed E-state index contributed by atoms with van der Waals surface area (Å²) in [6.45, 7) is 12.6. The summed E-state index contributed by atoms with van der Waals surface area (Å²) in [7, 11) is 0. The maximum Gasteiger partial charge on any atom is 0.251 e. The first-order valence-corrected chi connectivity index (χ1v) is 10.8. The maximum absolute atomic E-state index is 12.6. The Bertz CT molecular complexity index is 1060. The average Bonchev–Trinajstić information content (AvgIpc) is 2.86. The number of aryl methyl sites for hydroxylation is 1. The summed E-state index contributed by atoms with van der Waals surface area (Å²) in [6.07, 6.45) is 5.18. The number of pyridine rings is 1. The van der Waals surface area contributed by atoms with E-state index in [4.69, 9.17) is 4.99 Å². The summed E-state index contributed by atoms with van der Waals surface area (Å²) in [5.74, 6) is 0.234. The van der Waals surface area contributed by atoms with Crippen LogP contribution in [0.25, 0.3) is 0 Å². The number of carbonyl (C=O) groups is 1. The number of aromatic nitrogens is 1. The molecule has 1 N–H and O–H groups in total. The number of thioether (sulfide) groups is 1. The van der Waals surface area contributed by atoms with Crippen molar-refractivity contribution in [3.8, 4) is 0 Å². The van der Waals surface area contributed by atoms with E-state index in [-0.39, 0.29) is 5.91 Å². The van der Waals surface area contributed by atoms with Crippen LogP contribution in [0.5, 0.6) is 0 Å². The zero-order chi connectivity index (χ0) is 21.7. The summed E-state index contributed by atoms with van der Waals surface area (Å²) in [4.78, 5) is 24.4. The number of fused-ring (bicyclic) bond motifs is 1. The second-order valence-electron chi connectivity index (χ2n) is 7.58. The van der Waals surface area contributed by atoms with Crippen LogP contribution in [0.15, 0.2) is 87.4 Å². The predicted octanol–water partition coefficient (Wildman–Crippen LogP) is 5.45. The highest BCUT2D eigenvalue weighted by Gasteiger charge is 2.20. The number of aliphatic imine (C=N–C) groups is 1. The van der Waals surface area contributed by atoms with Crippen molar-refractivity contribution in [1.82, 2.24) is 10.3 Å². The topological polar surface area (TPSA) is 54.4 Å². The molecular formula is C25H27N3OS. The monoisotopic (exact) mass is 417 g/mol. The first-order valence-electron chi connectivity index (χ1n) is 10.0. The molecule has 5 heteroatoms. The van der Waals surface area contributed by atoms with Gasteiger partial charge in [0, 0.05) is 33.7 Å². The van der Waals surface area contributed by atoms with Gasteiger partial charge in [0.25, 0.3) is 5.91 Å². The van der Waals surface area contributed by atoms with E-state index in [1.165, 1.54) is 0 Å².